The van der Waals surface area contributed by atoms with Gasteiger partial charge in [0.25, 0.3) is 0 Å². The Hall–Kier alpha value is -1.55. The van der Waals surface area contributed by atoms with Gasteiger partial charge in [-0.15, -0.1) is 0 Å². The van der Waals surface area contributed by atoms with E-state index in [-0.39, 0.29) is 5.95 Å². The van der Waals surface area contributed by atoms with Crippen LogP contribution in [-0.4, -0.2) is 17.1 Å². The SMILES string of the molecule is COc1nc(N)nc2cc(Cl)ccc12. The van der Waals surface area contributed by atoms with Crippen LogP contribution in [0.1, 0.15) is 0 Å². The third-order valence-electron chi connectivity index (χ3n) is 1.83. The maximum Gasteiger partial charge on any atom is 0.225 e. The lowest BCUT2D eigenvalue weighted by molar-refractivity contribution is 0.403. The Balaban J connectivity index is 2.81. The molecule has 0 aliphatic rings. The van der Waals surface area contributed by atoms with E-state index in [1.165, 1.54) is 7.11 Å². The summed E-state index contributed by atoms with van der Waals surface area (Å²) >= 11 is 5.82. The smallest absolute Gasteiger partial charge is 0.225 e. The fraction of sp³-hybridized carbons (Fsp3) is 0.111. The zero-order valence-corrected chi connectivity index (χ0v) is 8.25. The molecule has 5 heteroatoms. The van der Waals surface area contributed by atoms with Crippen LogP contribution in [0.3, 0.4) is 0 Å². The van der Waals surface area contributed by atoms with Crippen molar-refractivity contribution < 1.29 is 4.74 Å². The van der Waals surface area contributed by atoms with Crippen molar-refractivity contribution in [1.82, 2.24) is 9.97 Å². The summed E-state index contributed by atoms with van der Waals surface area (Å²) in [6.07, 6.45) is 0. The number of fused-ring (bicyclic) bond motifs is 1. The third-order valence-corrected chi connectivity index (χ3v) is 2.07. The molecular formula is C9H8ClN3O. The first kappa shape index (κ1) is 9.02. The summed E-state index contributed by atoms with van der Waals surface area (Å²) in [5, 5.41) is 1.41. The summed E-state index contributed by atoms with van der Waals surface area (Å²) in [5.74, 6) is 0.640. The van der Waals surface area contributed by atoms with Gasteiger partial charge in [-0.2, -0.15) is 4.98 Å². The molecule has 2 aromatic rings. The number of benzene rings is 1. The van der Waals surface area contributed by atoms with Crippen LogP contribution in [0.5, 0.6) is 5.88 Å². The highest BCUT2D eigenvalue weighted by Crippen LogP contribution is 2.25. The number of nitrogens with zero attached hydrogens (tertiary/aromatic N) is 2. The zero-order valence-electron chi connectivity index (χ0n) is 7.49. The monoisotopic (exact) mass is 209 g/mol. The summed E-state index contributed by atoms with van der Waals surface area (Å²) in [5.41, 5.74) is 6.19. The van der Waals surface area contributed by atoms with E-state index in [0.29, 0.717) is 16.4 Å². The van der Waals surface area contributed by atoms with Crippen LogP contribution in [0.4, 0.5) is 5.95 Å². The molecule has 1 aromatic carbocycles. The van der Waals surface area contributed by atoms with Gasteiger partial charge in [-0.1, -0.05) is 11.6 Å². The van der Waals surface area contributed by atoms with Crippen molar-refractivity contribution in [1.29, 1.82) is 0 Å². The number of halogens is 1. The molecule has 0 saturated heterocycles. The molecule has 2 rings (SSSR count). The molecule has 0 unspecified atom stereocenters. The molecule has 0 spiro atoms. The van der Waals surface area contributed by atoms with Gasteiger partial charge in [-0.3, -0.25) is 0 Å². The van der Waals surface area contributed by atoms with Crippen molar-refractivity contribution in [2.75, 3.05) is 12.8 Å². The number of anilines is 1. The Bertz CT molecular complexity index is 481. The van der Waals surface area contributed by atoms with Crippen molar-refractivity contribution in [3.63, 3.8) is 0 Å². The largest absolute Gasteiger partial charge is 0.480 e. The van der Waals surface area contributed by atoms with Gasteiger partial charge in [0.1, 0.15) is 0 Å². The first-order chi connectivity index (χ1) is 6.70. The lowest BCUT2D eigenvalue weighted by Gasteiger charge is -2.04. The number of aromatic nitrogens is 2. The number of rotatable bonds is 1. The lowest BCUT2D eigenvalue weighted by Crippen LogP contribution is -1.98. The minimum absolute atomic E-state index is 0.177. The molecular weight excluding hydrogens is 202 g/mol. The normalized spacial score (nSPS) is 10.4. The van der Waals surface area contributed by atoms with E-state index in [1.54, 1.807) is 18.2 Å². The minimum atomic E-state index is 0.177. The molecule has 0 fully saturated rings. The highest BCUT2D eigenvalue weighted by molar-refractivity contribution is 6.31. The summed E-state index contributed by atoms with van der Waals surface area (Å²) < 4.78 is 5.07. The molecule has 1 heterocycles. The number of nitrogens with two attached hydrogens (primary N) is 1. The number of hydrogen-bond acceptors (Lipinski definition) is 4. The second-order valence-corrected chi connectivity index (χ2v) is 3.19. The van der Waals surface area contributed by atoms with Gasteiger partial charge >= 0.3 is 0 Å². The fourth-order valence-electron chi connectivity index (χ4n) is 1.25. The van der Waals surface area contributed by atoms with Crippen LogP contribution in [-0.2, 0) is 0 Å². The van der Waals surface area contributed by atoms with E-state index in [0.717, 1.165) is 5.39 Å². The molecule has 0 saturated carbocycles. The van der Waals surface area contributed by atoms with Crippen LogP contribution < -0.4 is 10.5 Å². The van der Waals surface area contributed by atoms with E-state index in [9.17, 15) is 0 Å². The Labute approximate surface area is 85.7 Å². The molecule has 72 valence electrons. The van der Waals surface area contributed by atoms with Crippen molar-refractivity contribution >= 4 is 28.5 Å². The molecule has 0 radical (unpaired) electrons. The predicted molar refractivity (Wildman–Crippen MR) is 55.5 cm³/mol. The second kappa shape index (κ2) is 3.31. The van der Waals surface area contributed by atoms with E-state index < -0.39 is 0 Å². The van der Waals surface area contributed by atoms with Crippen LogP contribution in [0.25, 0.3) is 10.9 Å². The second-order valence-electron chi connectivity index (χ2n) is 2.75. The van der Waals surface area contributed by atoms with Gasteiger partial charge in [0.05, 0.1) is 18.0 Å². The van der Waals surface area contributed by atoms with Gasteiger partial charge in [0.15, 0.2) is 0 Å². The number of nitrogen functional groups attached to an aromatic ring is 1. The zero-order chi connectivity index (χ0) is 10.1. The molecule has 2 N–H and O–H groups in total. The molecule has 1 aromatic heterocycles. The quantitative estimate of drug-likeness (QED) is 0.779. The Morgan fingerprint density at radius 2 is 2.14 bits per heavy atom. The number of ether oxygens (including phenoxy) is 1. The van der Waals surface area contributed by atoms with Crippen LogP contribution in [0.2, 0.25) is 5.02 Å². The topological polar surface area (TPSA) is 61.0 Å². The third kappa shape index (κ3) is 1.44. The van der Waals surface area contributed by atoms with E-state index in [1.807, 2.05) is 0 Å². The van der Waals surface area contributed by atoms with Gasteiger partial charge in [0.2, 0.25) is 11.8 Å². The Morgan fingerprint density at radius 3 is 2.86 bits per heavy atom. The van der Waals surface area contributed by atoms with Crippen LogP contribution >= 0.6 is 11.6 Å². The average Bonchev–Trinajstić information content (AvgIpc) is 2.15. The summed E-state index contributed by atoms with van der Waals surface area (Å²) in [6.45, 7) is 0. The molecule has 0 aliphatic carbocycles. The maximum atomic E-state index is 5.82. The molecule has 0 atom stereocenters. The highest BCUT2D eigenvalue weighted by Gasteiger charge is 2.06. The van der Waals surface area contributed by atoms with Gasteiger partial charge in [0, 0.05) is 5.02 Å². The highest BCUT2D eigenvalue weighted by atomic mass is 35.5. The van der Waals surface area contributed by atoms with Gasteiger partial charge in [-0.05, 0) is 18.2 Å². The Morgan fingerprint density at radius 1 is 1.36 bits per heavy atom. The van der Waals surface area contributed by atoms with Gasteiger partial charge < -0.3 is 10.5 Å². The van der Waals surface area contributed by atoms with E-state index >= 15 is 0 Å². The Kier molecular flexibility index (Phi) is 2.13. The lowest BCUT2D eigenvalue weighted by atomic mass is 10.2. The first-order valence-corrected chi connectivity index (χ1v) is 4.35. The number of hydrogen-bond donors (Lipinski definition) is 1. The van der Waals surface area contributed by atoms with E-state index in [2.05, 4.69) is 9.97 Å². The molecule has 4 nitrogen and oxygen atoms in total. The average molecular weight is 210 g/mol. The van der Waals surface area contributed by atoms with Crippen molar-refractivity contribution in [3.05, 3.63) is 23.2 Å². The van der Waals surface area contributed by atoms with Crippen molar-refractivity contribution in [2.24, 2.45) is 0 Å². The maximum absolute atomic E-state index is 5.82. The fourth-order valence-corrected chi connectivity index (χ4v) is 1.41. The van der Waals surface area contributed by atoms with E-state index in [4.69, 9.17) is 22.1 Å². The van der Waals surface area contributed by atoms with Crippen molar-refractivity contribution in [3.8, 4) is 5.88 Å². The number of methoxy groups -OCH3 is 1. The summed E-state index contributed by atoms with van der Waals surface area (Å²) in [6, 6.07) is 5.28. The molecule has 0 amide bonds. The first-order valence-electron chi connectivity index (χ1n) is 3.97. The predicted octanol–water partition coefficient (Wildman–Crippen LogP) is 1.87. The van der Waals surface area contributed by atoms with Crippen LogP contribution in [0.15, 0.2) is 18.2 Å². The van der Waals surface area contributed by atoms with Crippen LogP contribution in [0, 0.1) is 0 Å². The molecule has 0 aliphatic heterocycles. The summed E-state index contributed by atoms with van der Waals surface area (Å²) in [7, 11) is 1.54. The minimum Gasteiger partial charge on any atom is -0.480 e. The molecule has 14 heavy (non-hydrogen) atoms. The van der Waals surface area contributed by atoms with Gasteiger partial charge in [-0.25, -0.2) is 4.98 Å². The molecule has 0 bridgehead atoms. The standard InChI is InChI=1S/C9H8ClN3O/c1-14-8-6-3-2-5(10)4-7(6)12-9(11)13-8/h2-4H,1H3,(H2,11,12,13). The summed E-state index contributed by atoms with van der Waals surface area (Å²) in [4.78, 5) is 8.00. The van der Waals surface area contributed by atoms with Crippen molar-refractivity contribution in [2.45, 2.75) is 0 Å².